The molecule has 31 heavy (non-hydrogen) atoms. The highest BCUT2D eigenvalue weighted by molar-refractivity contribution is 9.10. The number of nitrogens with one attached hydrogen (secondary N) is 1. The molecule has 0 atom stereocenters. The lowest BCUT2D eigenvalue weighted by Crippen LogP contribution is -2.29. The summed E-state index contributed by atoms with van der Waals surface area (Å²) in [6, 6.07) is 8.40. The van der Waals surface area contributed by atoms with E-state index in [0.717, 1.165) is 15.9 Å². The number of halogens is 1. The van der Waals surface area contributed by atoms with Gasteiger partial charge in [-0.3, -0.25) is 4.79 Å². The van der Waals surface area contributed by atoms with Crippen LogP contribution in [0.2, 0.25) is 0 Å². The Kier molecular flexibility index (Phi) is 7.63. The maximum absolute atomic E-state index is 12.8. The number of methoxy groups -OCH3 is 1. The number of hydrogen-bond acceptors (Lipinski definition) is 7. The zero-order chi connectivity index (χ0) is 22.4. The Morgan fingerprint density at radius 2 is 2.00 bits per heavy atom. The summed E-state index contributed by atoms with van der Waals surface area (Å²) in [4.78, 5) is 15.7. The Labute approximate surface area is 189 Å². The molecule has 11 heteroatoms. The largest absolute Gasteiger partial charge is 0.469 e. The molecule has 0 spiro atoms. The van der Waals surface area contributed by atoms with Crippen molar-refractivity contribution in [1.82, 2.24) is 18.9 Å². The molecule has 2 heterocycles. The average molecular weight is 510 g/mol. The fourth-order valence-electron chi connectivity index (χ4n) is 2.99. The van der Waals surface area contributed by atoms with Crippen molar-refractivity contribution in [2.75, 3.05) is 32.6 Å². The maximum atomic E-state index is 12.8. The fraction of sp³-hybridized carbons (Fsp3) is 0.350. The number of rotatable bonds is 10. The van der Waals surface area contributed by atoms with E-state index in [1.54, 1.807) is 48.2 Å². The normalized spacial score (nSPS) is 11.7. The highest BCUT2D eigenvalue weighted by atomic mass is 79.9. The van der Waals surface area contributed by atoms with Crippen LogP contribution < -0.4 is 5.32 Å². The van der Waals surface area contributed by atoms with Crippen LogP contribution in [0.25, 0.3) is 5.65 Å². The second-order valence-electron chi connectivity index (χ2n) is 6.88. The van der Waals surface area contributed by atoms with Crippen molar-refractivity contribution in [2.24, 2.45) is 0 Å². The Bertz CT molecular complexity index is 1150. The molecule has 0 fully saturated rings. The van der Waals surface area contributed by atoms with Gasteiger partial charge in [0.25, 0.3) is 0 Å². The van der Waals surface area contributed by atoms with Crippen LogP contribution in [0.3, 0.4) is 0 Å². The molecule has 0 amide bonds. The number of hydrogen-bond donors (Lipinski definition) is 1. The van der Waals surface area contributed by atoms with E-state index in [-0.39, 0.29) is 17.3 Å². The molecule has 0 aliphatic heterocycles. The molecule has 3 rings (SSSR count). The van der Waals surface area contributed by atoms with Gasteiger partial charge in [0.1, 0.15) is 5.82 Å². The number of ether oxygens (including phenoxy) is 1. The summed E-state index contributed by atoms with van der Waals surface area (Å²) < 4.78 is 34.1. The molecule has 0 radical (unpaired) electrons. The number of fused-ring (bicyclic) bond motifs is 1. The van der Waals surface area contributed by atoms with Crippen molar-refractivity contribution in [1.29, 1.82) is 0 Å². The minimum Gasteiger partial charge on any atom is -0.469 e. The average Bonchev–Trinajstić information content (AvgIpc) is 3.16. The summed E-state index contributed by atoms with van der Waals surface area (Å²) in [5, 5.41) is 7.52. The number of carbonyl (C=O) groups is 1. The summed E-state index contributed by atoms with van der Waals surface area (Å²) in [6.07, 6.45) is 4.74. The van der Waals surface area contributed by atoms with E-state index in [4.69, 9.17) is 0 Å². The highest BCUT2D eigenvalue weighted by Crippen LogP contribution is 2.19. The second-order valence-corrected chi connectivity index (χ2v) is 9.78. The molecule has 0 aliphatic rings. The number of nitrogens with zero attached hydrogens (tertiary/aromatic N) is 4. The molecular weight excluding hydrogens is 486 g/mol. The summed E-state index contributed by atoms with van der Waals surface area (Å²) in [5.41, 5.74) is 1.59. The van der Waals surface area contributed by atoms with Gasteiger partial charge in [-0.05, 0) is 52.5 Å². The van der Waals surface area contributed by atoms with Crippen LogP contribution in [0.5, 0.6) is 0 Å². The lowest BCUT2D eigenvalue weighted by Gasteiger charge is -2.18. The third-order valence-electron chi connectivity index (χ3n) is 4.79. The fourth-order valence-corrected chi connectivity index (χ4v) is 4.56. The number of aromatic nitrogens is 3. The summed E-state index contributed by atoms with van der Waals surface area (Å²) >= 11 is 3.40. The molecule has 2 aromatic heterocycles. The van der Waals surface area contributed by atoms with Crippen LogP contribution >= 0.6 is 15.9 Å². The maximum Gasteiger partial charge on any atom is 0.305 e. The van der Waals surface area contributed by atoms with Crippen molar-refractivity contribution in [3.63, 3.8) is 0 Å². The van der Waals surface area contributed by atoms with E-state index in [2.05, 4.69) is 36.1 Å². The van der Waals surface area contributed by atoms with Gasteiger partial charge in [0, 0.05) is 32.8 Å². The van der Waals surface area contributed by atoms with E-state index in [0.29, 0.717) is 31.6 Å². The van der Waals surface area contributed by atoms with Crippen molar-refractivity contribution in [3.05, 3.63) is 52.8 Å². The summed E-state index contributed by atoms with van der Waals surface area (Å²) in [7, 11) is -0.678. The van der Waals surface area contributed by atoms with Gasteiger partial charge >= 0.3 is 5.97 Å². The summed E-state index contributed by atoms with van der Waals surface area (Å²) in [5.74, 6) is 0.487. The minimum absolute atomic E-state index is 0.224. The molecule has 0 unspecified atom stereocenters. The number of anilines is 1. The standard InChI is InChI=1S/C20H24BrN5O4S/c1-25(13-3-11-22-18-10-12-23-20-17(21)14-24-26(18)20)31(28,29)16-7-4-15(5-8-16)6-9-19(27)30-2/h4-5,7-8,10,12,14,22H,3,6,9,11,13H2,1-2H3. The first-order valence-electron chi connectivity index (χ1n) is 9.67. The Morgan fingerprint density at radius 3 is 2.71 bits per heavy atom. The van der Waals surface area contributed by atoms with Crippen LogP contribution in [0.4, 0.5) is 5.82 Å². The van der Waals surface area contributed by atoms with Crippen molar-refractivity contribution in [2.45, 2.75) is 24.2 Å². The lowest BCUT2D eigenvalue weighted by atomic mass is 10.1. The molecule has 166 valence electrons. The number of esters is 1. The predicted octanol–water partition coefficient (Wildman–Crippen LogP) is 2.72. The molecule has 1 N–H and O–H groups in total. The predicted molar refractivity (Wildman–Crippen MR) is 120 cm³/mol. The Morgan fingerprint density at radius 1 is 1.26 bits per heavy atom. The van der Waals surface area contributed by atoms with Crippen LogP contribution in [-0.4, -0.2) is 60.5 Å². The quantitative estimate of drug-likeness (QED) is 0.330. The topological polar surface area (TPSA) is 106 Å². The van der Waals surface area contributed by atoms with Gasteiger partial charge in [-0.1, -0.05) is 12.1 Å². The van der Waals surface area contributed by atoms with Crippen molar-refractivity contribution in [3.8, 4) is 0 Å². The Balaban J connectivity index is 1.53. The van der Waals surface area contributed by atoms with Gasteiger partial charge in [0.2, 0.25) is 10.0 Å². The first-order chi connectivity index (χ1) is 14.8. The smallest absolute Gasteiger partial charge is 0.305 e. The highest BCUT2D eigenvalue weighted by Gasteiger charge is 2.20. The van der Waals surface area contributed by atoms with Crippen LogP contribution in [-0.2, 0) is 26.0 Å². The number of benzene rings is 1. The van der Waals surface area contributed by atoms with Crippen LogP contribution in [0.1, 0.15) is 18.4 Å². The van der Waals surface area contributed by atoms with Gasteiger partial charge < -0.3 is 10.1 Å². The van der Waals surface area contributed by atoms with Crippen molar-refractivity contribution < 1.29 is 17.9 Å². The zero-order valence-corrected chi connectivity index (χ0v) is 19.7. The first-order valence-corrected chi connectivity index (χ1v) is 11.9. The van der Waals surface area contributed by atoms with Gasteiger partial charge in [-0.15, -0.1) is 0 Å². The van der Waals surface area contributed by atoms with Gasteiger partial charge in [-0.25, -0.2) is 17.7 Å². The molecule has 9 nitrogen and oxygen atoms in total. The molecular formula is C20H24BrN5O4S. The molecule has 1 aromatic carbocycles. The van der Waals surface area contributed by atoms with E-state index in [1.807, 2.05) is 6.07 Å². The third-order valence-corrected chi connectivity index (χ3v) is 7.22. The minimum atomic E-state index is -3.59. The number of sulfonamides is 1. The van der Waals surface area contributed by atoms with Gasteiger partial charge in [0.15, 0.2) is 5.65 Å². The molecule has 0 aliphatic carbocycles. The molecule has 0 saturated carbocycles. The second kappa shape index (κ2) is 10.2. The summed E-state index contributed by atoms with van der Waals surface area (Å²) in [6.45, 7) is 0.930. The van der Waals surface area contributed by atoms with E-state index in [1.165, 1.54) is 11.4 Å². The van der Waals surface area contributed by atoms with Gasteiger partial charge in [0.05, 0.1) is 22.7 Å². The van der Waals surface area contributed by atoms with Crippen LogP contribution in [0, 0.1) is 0 Å². The Hall–Kier alpha value is -2.50. The number of aryl methyl sites for hydroxylation is 1. The third kappa shape index (κ3) is 5.60. The van der Waals surface area contributed by atoms with E-state index < -0.39 is 10.0 Å². The number of carbonyl (C=O) groups excluding carboxylic acids is 1. The zero-order valence-electron chi connectivity index (χ0n) is 17.3. The van der Waals surface area contributed by atoms with E-state index >= 15 is 0 Å². The molecule has 0 bridgehead atoms. The van der Waals surface area contributed by atoms with Crippen molar-refractivity contribution >= 4 is 43.4 Å². The molecule has 0 saturated heterocycles. The SMILES string of the molecule is COC(=O)CCc1ccc(S(=O)(=O)N(C)CCCNc2ccnc3c(Br)cnn23)cc1. The first kappa shape index (κ1) is 23.2. The molecule has 3 aromatic rings. The van der Waals surface area contributed by atoms with E-state index in [9.17, 15) is 13.2 Å². The monoisotopic (exact) mass is 509 g/mol. The van der Waals surface area contributed by atoms with Crippen LogP contribution in [0.15, 0.2) is 52.1 Å². The lowest BCUT2D eigenvalue weighted by molar-refractivity contribution is -0.140. The van der Waals surface area contributed by atoms with Gasteiger partial charge in [-0.2, -0.15) is 9.61 Å².